The highest BCUT2D eigenvalue weighted by molar-refractivity contribution is 7.84. The van der Waals surface area contributed by atoms with E-state index < -0.39 is 10.8 Å². The molecule has 0 saturated heterocycles. The highest BCUT2D eigenvalue weighted by atomic mass is 35.5. The van der Waals surface area contributed by atoms with Gasteiger partial charge < -0.3 is 4.74 Å². The van der Waals surface area contributed by atoms with E-state index in [1.54, 1.807) is 0 Å². The zero-order valence-corrected chi connectivity index (χ0v) is 16.8. The van der Waals surface area contributed by atoms with E-state index in [4.69, 9.17) is 21.3 Å². The molecule has 0 aromatic heterocycles. The number of rotatable bonds is 4. The molecule has 0 amide bonds. The second-order valence-electron chi connectivity index (χ2n) is 7.30. The molecule has 3 aromatic carbocycles. The van der Waals surface area contributed by atoms with Crippen molar-refractivity contribution in [3.05, 3.63) is 76.8 Å². The summed E-state index contributed by atoms with van der Waals surface area (Å²) in [6, 6.07) is 19.5. The molecule has 0 spiro atoms. The van der Waals surface area contributed by atoms with Gasteiger partial charge in [0, 0.05) is 5.02 Å². The van der Waals surface area contributed by atoms with E-state index in [1.807, 2.05) is 74.5 Å². The van der Waals surface area contributed by atoms with Crippen LogP contribution >= 0.6 is 11.6 Å². The number of nitrogens with zero attached hydrogens (tertiary/aromatic N) is 1. The average molecular weight is 398 g/mol. The second kappa shape index (κ2) is 7.10. The monoisotopic (exact) mass is 397 g/mol. The molecule has 5 heteroatoms. The number of halogens is 1. The summed E-state index contributed by atoms with van der Waals surface area (Å²) in [5.41, 5.74) is 1.52. The summed E-state index contributed by atoms with van der Waals surface area (Å²) in [4.78, 5) is 5.48. The Labute approximate surface area is 166 Å². The van der Waals surface area contributed by atoms with Crippen LogP contribution in [0.25, 0.3) is 10.8 Å². The van der Waals surface area contributed by atoms with Gasteiger partial charge in [-0.3, -0.25) is 4.21 Å². The Balaban J connectivity index is 1.82. The van der Waals surface area contributed by atoms with Crippen molar-refractivity contribution in [1.29, 1.82) is 0 Å². The van der Waals surface area contributed by atoms with Crippen LogP contribution in [0.3, 0.4) is 0 Å². The molecule has 1 unspecified atom stereocenters. The molecule has 1 aliphatic rings. The predicted octanol–water partition coefficient (Wildman–Crippen LogP) is 5.36. The fraction of sp³-hybridized carbons (Fsp3) is 0.227. The lowest BCUT2D eigenvalue weighted by molar-refractivity contribution is 0.279. The summed E-state index contributed by atoms with van der Waals surface area (Å²) in [7, 11) is -1.25. The Morgan fingerprint density at radius 3 is 2.52 bits per heavy atom. The third kappa shape index (κ3) is 3.78. The normalized spacial score (nSPS) is 16.8. The Kier molecular flexibility index (Phi) is 4.79. The molecule has 27 heavy (non-hydrogen) atoms. The first kappa shape index (κ1) is 18.2. The molecular weight excluding hydrogens is 378 g/mol. The van der Waals surface area contributed by atoms with Gasteiger partial charge in [-0.25, -0.2) is 4.99 Å². The first-order valence-corrected chi connectivity index (χ1v) is 10.5. The van der Waals surface area contributed by atoms with Crippen LogP contribution in [0.5, 0.6) is 0 Å². The maximum Gasteiger partial charge on any atom is 0.218 e. The molecule has 1 aliphatic heterocycles. The highest BCUT2D eigenvalue weighted by Gasteiger charge is 2.29. The van der Waals surface area contributed by atoms with Crippen LogP contribution < -0.4 is 0 Å². The van der Waals surface area contributed by atoms with E-state index in [1.165, 1.54) is 0 Å². The molecule has 0 bridgehead atoms. The minimum atomic E-state index is -1.25. The Morgan fingerprint density at radius 1 is 1.07 bits per heavy atom. The quantitative estimate of drug-likeness (QED) is 0.594. The fourth-order valence-electron chi connectivity index (χ4n) is 3.18. The molecule has 0 N–H and O–H groups in total. The van der Waals surface area contributed by atoms with Crippen molar-refractivity contribution in [2.45, 2.75) is 30.0 Å². The van der Waals surface area contributed by atoms with E-state index in [0.717, 1.165) is 26.8 Å². The van der Waals surface area contributed by atoms with E-state index >= 15 is 0 Å². The SMILES string of the molecule is CC1(C)COC(c2ccc3ccccc3c2S(=O)Cc2ccc(Cl)cc2)=N1. The summed E-state index contributed by atoms with van der Waals surface area (Å²) in [6.45, 7) is 4.59. The summed E-state index contributed by atoms with van der Waals surface area (Å²) >= 11 is 5.97. The lowest BCUT2D eigenvalue weighted by atomic mass is 10.1. The molecule has 0 saturated carbocycles. The molecule has 1 heterocycles. The van der Waals surface area contributed by atoms with Crippen LogP contribution in [0, 0.1) is 0 Å². The minimum Gasteiger partial charge on any atom is -0.475 e. The van der Waals surface area contributed by atoms with Crippen molar-refractivity contribution in [2.24, 2.45) is 4.99 Å². The summed E-state index contributed by atoms with van der Waals surface area (Å²) in [6.07, 6.45) is 0. The average Bonchev–Trinajstić information content (AvgIpc) is 3.02. The third-order valence-electron chi connectivity index (χ3n) is 4.52. The second-order valence-corrected chi connectivity index (χ2v) is 9.12. The van der Waals surface area contributed by atoms with Gasteiger partial charge in [0.25, 0.3) is 0 Å². The van der Waals surface area contributed by atoms with Gasteiger partial charge in [-0.1, -0.05) is 54.1 Å². The molecule has 4 rings (SSSR count). The molecule has 3 nitrogen and oxygen atoms in total. The number of aliphatic imine (C=N–C) groups is 1. The predicted molar refractivity (Wildman–Crippen MR) is 112 cm³/mol. The smallest absolute Gasteiger partial charge is 0.218 e. The number of benzene rings is 3. The van der Waals surface area contributed by atoms with Gasteiger partial charge >= 0.3 is 0 Å². The molecular formula is C22H20ClNO2S. The maximum atomic E-state index is 13.4. The lowest BCUT2D eigenvalue weighted by Gasteiger charge is -2.13. The van der Waals surface area contributed by atoms with Gasteiger partial charge in [-0.05, 0) is 48.4 Å². The van der Waals surface area contributed by atoms with Crippen LogP contribution in [0.1, 0.15) is 25.0 Å². The first-order chi connectivity index (χ1) is 12.9. The number of hydrogen-bond acceptors (Lipinski definition) is 3. The summed E-state index contributed by atoms with van der Waals surface area (Å²) in [5, 5.41) is 2.70. The van der Waals surface area contributed by atoms with Crippen LogP contribution in [-0.2, 0) is 21.3 Å². The number of fused-ring (bicyclic) bond motifs is 1. The first-order valence-electron chi connectivity index (χ1n) is 8.80. The van der Waals surface area contributed by atoms with Crippen LogP contribution in [0.2, 0.25) is 5.02 Å². The molecule has 138 valence electrons. The lowest BCUT2D eigenvalue weighted by Crippen LogP contribution is -2.17. The topological polar surface area (TPSA) is 38.7 Å². The van der Waals surface area contributed by atoms with Gasteiger partial charge in [0.1, 0.15) is 6.61 Å². The molecule has 0 fully saturated rings. The van der Waals surface area contributed by atoms with Crippen molar-refractivity contribution in [2.75, 3.05) is 6.61 Å². The molecule has 0 aliphatic carbocycles. The van der Waals surface area contributed by atoms with E-state index in [0.29, 0.717) is 23.3 Å². The van der Waals surface area contributed by atoms with Crippen LogP contribution in [-0.4, -0.2) is 22.3 Å². The third-order valence-corrected chi connectivity index (χ3v) is 6.26. The van der Waals surface area contributed by atoms with Crippen molar-refractivity contribution >= 4 is 39.1 Å². The van der Waals surface area contributed by atoms with Crippen molar-refractivity contribution in [1.82, 2.24) is 0 Å². The maximum absolute atomic E-state index is 13.4. The molecule has 3 aromatic rings. The Bertz CT molecular complexity index is 1060. The number of hydrogen-bond donors (Lipinski definition) is 0. The fourth-order valence-corrected chi connectivity index (χ4v) is 4.78. The van der Waals surface area contributed by atoms with Crippen molar-refractivity contribution in [3.8, 4) is 0 Å². The standard InChI is InChI=1S/C22H20ClNO2S/c1-22(2)14-26-21(24-22)19-12-9-16-5-3-4-6-18(16)20(19)27(25)13-15-7-10-17(23)11-8-15/h3-12H,13-14H2,1-2H3. The molecule has 0 radical (unpaired) electrons. The van der Waals surface area contributed by atoms with Crippen LogP contribution in [0.15, 0.2) is 70.6 Å². The van der Waals surface area contributed by atoms with E-state index in [9.17, 15) is 4.21 Å². The van der Waals surface area contributed by atoms with Crippen molar-refractivity contribution < 1.29 is 8.95 Å². The van der Waals surface area contributed by atoms with Gasteiger partial charge in [-0.15, -0.1) is 0 Å². The zero-order valence-electron chi connectivity index (χ0n) is 15.2. The minimum absolute atomic E-state index is 0.268. The summed E-state index contributed by atoms with van der Waals surface area (Å²) < 4.78 is 19.3. The van der Waals surface area contributed by atoms with Crippen molar-refractivity contribution in [3.63, 3.8) is 0 Å². The van der Waals surface area contributed by atoms with Crippen LogP contribution in [0.4, 0.5) is 0 Å². The Morgan fingerprint density at radius 2 is 1.81 bits per heavy atom. The highest BCUT2D eigenvalue weighted by Crippen LogP contribution is 2.31. The number of ether oxygens (including phenoxy) is 1. The van der Waals surface area contributed by atoms with Gasteiger partial charge in [0.15, 0.2) is 0 Å². The molecule has 1 atom stereocenters. The zero-order chi connectivity index (χ0) is 19.0. The summed E-state index contributed by atoms with van der Waals surface area (Å²) in [5.74, 6) is 0.986. The van der Waals surface area contributed by atoms with Gasteiger partial charge in [-0.2, -0.15) is 0 Å². The van der Waals surface area contributed by atoms with E-state index in [-0.39, 0.29) is 5.54 Å². The Hall–Kier alpha value is -2.17. The van der Waals surface area contributed by atoms with Gasteiger partial charge in [0.05, 0.1) is 32.6 Å². The largest absolute Gasteiger partial charge is 0.475 e. The van der Waals surface area contributed by atoms with Gasteiger partial charge in [0.2, 0.25) is 5.90 Å². The van der Waals surface area contributed by atoms with E-state index in [2.05, 4.69) is 0 Å².